The van der Waals surface area contributed by atoms with Gasteiger partial charge >= 0.3 is 0 Å². The molecule has 0 aliphatic heterocycles. The Hall–Kier alpha value is -1.03. The summed E-state index contributed by atoms with van der Waals surface area (Å²) in [5, 5.41) is 3.00. The second-order valence-corrected chi connectivity index (χ2v) is 5.54. The summed E-state index contributed by atoms with van der Waals surface area (Å²) in [6, 6.07) is 1.18. The molecular formula is C14H16F3N. The van der Waals surface area contributed by atoms with Crippen molar-refractivity contribution in [3.05, 3.63) is 35.1 Å². The maximum atomic E-state index is 13.8. The van der Waals surface area contributed by atoms with Crippen molar-refractivity contribution in [1.29, 1.82) is 0 Å². The molecule has 1 aromatic rings. The molecule has 1 nitrogen and oxygen atoms in total. The lowest BCUT2D eigenvalue weighted by molar-refractivity contribution is 0.337. The summed E-state index contributed by atoms with van der Waals surface area (Å²) in [5.41, 5.74) is -0.00907. The van der Waals surface area contributed by atoms with E-state index in [2.05, 4.69) is 5.32 Å². The molecule has 2 aliphatic rings. The van der Waals surface area contributed by atoms with Crippen LogP contribution in [0.1, 0.15) is 30.9 Å². The predicted molar refractivity (Wildman–Crippen MR) is 62.4 cm³/mol. The molecule has 0 bridgehead atoms. The number of hydrogen-bond acceptors (Lipinski definition) is 1. The number of hydrogen-bond donors (Lipinski definition) is 1. The summed E-state index contributed by atoms with van der Waals surface area (Å²) < 4.78 is 40.5. The molecule has 2 fully saturated rings. The zero-order valence-electron chi connectivity index (χ0n) is 10.2. The van der Waals surface area contributed by atoms with Crippen molar-refractivity contribution in [1.82, 2.24) is 5.32 Å². The molecule has 4 heteroatoms. The van der Waals surface area contributed by atoms with Crippen molar-refractivity contribution in [2.24, 2.45) is 17.8 Å². The SMILES string of the molecule is CNC(c1c(F)cc(F)cc1F)C1CC2CC2C1. The van der Waals surface area contributed by atoms with Crippen LogP contribution in [-0.4, -0.2) is 7.05 Å². The Bertz CT molecular complexity index is 441. The standard InChI is InChI=1S/C14H16F3N/c1-18-14(9-3-7-2-8(7)4-9)13-11(16)5-10(15)6-12(13)17/h5-9,14,18H,2-4H2,1H3. The third-order valence-corrected chi connectivity index (χ3v) is 4.42. The lowest BCUT2D eigenvalue weighted by Crippen LogP contribution is -2.26. The van der Waals surface area contributed by atoms with Crippen molar-refractivity contribution >= 4 is 0 Å². The third kappa shape index (κ3) is 1.92. The number of fused-ring (bicyclic) bond motifs is 1. The Morgan fingerprint density at radius 3 is 2.11 bits per heavy atom. The lowest BCUT2D eigenvalue weighted by atomic mass is 9.88. The van der Waals surface area contributed by atoms with Gasteiger partial charge in [0.15, 0.2) is 0 Å². The first-order chi connectivity index (χ1) is 8.60. The first kappa shape index (κ1) is 12.0. The molecule has 0 heterocycles. The van der Waals surface area contributed by atoms with Crippen LogP contribution in [0.3, 0.4) is 0 Å². The highest BCUT2D eigenvalue weighted by molar-refractivity contribution is 5.25. The minimum absolute atomic E-state index is 0.00907. The fourth-order valence-electron chi connectivity index (χ4n) is 3.50. The molecule has 0 aromatic heterocycles. The summed E-state index contributed by atoms with van der Waals surface area (Å²) >= 11 is 0. The van der Waals surface area contributed by atoms with Gasteiger partial charge in [0.2, 0.25) is 0 Å². The van der Waals surface area contributed by atoms with Gasteiger partial charge in [-0.05, 0) is 44.1 Å². The topological polar surface area (TPSA) is 12.0 Å². The highest BCUT2D eigenvalue weighted by Gasteiger charge is 2.48. The maximum Gasteiger partial charge on any atom is 0.133 e. The quantitative estimate of drug-likeness (QED) is 0.872. The van der Waals surface area contributed by atoms with E-state index in [9.17, 15) is 13.2 Å². The monoisotopic (exact) mass is 255 g/mol. The number of benzene rings is 1. The van der Waals surface area contributed by atoms with Gasteiger partial charge in [-0.2, -0.15) is 0 Å². The molecular weight excluding hydrogens is 239 g/mol. The normalized spacial score (nSPS) is 31.2. The van der Waals surface area contributed by atoms with E-state index >= 15 is 0 Å². The third-order valence-electron chi connectivity index (χ3n) is 4.42. The molecule has 3 unspecified atom stereocenters. The van der Waals surface area contributed by atoms with Crippen molar-refractivity contribution < 1.29 is 13.2 Å². The molecule has 1 N–H and O–H groups in total. The van der Waals surface area contributed by atoms with Crippen LogP contribution in [0.5, 0.6) is 0 Å². The molecule has 2 aliphatic carbocycles. The van der Waals surface area contributed by atoms with E-state index in [0.717, 1.165) is 36.8 Å². The molecule has 0 spiro atoms. The minimum atomic E-state index is -0.863. The fourth-order valence-corrected chi connectivity index (χ4v) is 3.50. The molecule has 0 amide bonds. The van der Waals surface area contributed by atoms with Crippen LogP contribution < -0.4 is 5.32 Å². The van der Waals surface area contributed by atoms with Crippen LogP contribution in [0.25, 0.3) is 0 Å². The molecule has 3 rings (SSSR count). The molecule has 0 radical (unpaired) electrons. The Kier molecular flexibility index (Phi) is 2.85. The van der Waals surface area contributed by atoms with E-state index in [1.54, 1.807) is 7.05 Å². The summed E-state index contributed by atoms with van der Waals surface area (Å²) in [5.74, 6) is -0.680. The second-order valence-electron chi connectivity index (χ2n) is 5.54. The molecule has 0 saturated heterocycles. The van der Waals surface area contributed by atoms with Gasteiger partial charge in [-0.15, -0.1) is 0 Å². The average molecular weight is 255 g/mol. The van der Waals surface area contributed by atoms with Gasteiger partial charge in [0.1, 0.15) is 17.5 Å². The van der Waals surface area contributed by atoms with E-state index in [-0.39, 0.29) is 17.5 Å². The number of nitrogens with one attached hydrogen (secondary N) is 1. The van der Waals surface area contributed by atoms with Crippen LogP contribution in [0.2, 0.25) is 0 Å². The Morgan fingerprint density at radius 2 is 1.61 bits per heavy atom. The van der Waals surface area contributed by atoms with Gasteiger partial charge in [-0.3, -0.25) is 0 Å². The van der Waals surface area contributed by atoms with Gasteiger partial charge in [0.05, 0.1) is 0 Å². The zero-order chi connectivity index (χ0) is 12.9. The molecule has 18 heavy (non-hydrogen) atoms. The van der Waals surface area contributed by atoms with Crippen LogP contribution in [0, 0.1) is 35.2 Å². The van der Waals surface area contributed by atoms with E-state index in [1.165, 1.54) is 6.42 Å². The first-order valence-electron chi connectivity index (χ1n) is 6.42. The van der Waals surface area contributed by atoms with Gasteiger partial charge < -0.3 is 5.32 Å². The number of rotatable bonds is 3. The summed E-state index contributed by atoms with van der Waals surface area (Å²) in [7, 11) is 1.71. The highest BCUT2D eigenvalue weighted by atomic mass is 19.1. The maximum absolute atomic E-state index is 13.8. The fraction of sp³-hybridized carbons (Fsp3) is 0.571. The molecule has 3 atom stereocenters. The van der Waals surface area contributed by atoms with Crippen LogP contribution >= 0.6 is 0 Å². The molecule has 98 valence electrons. The van der Waals surface area contributed by atoms with E-state index < -0.39 is 17.5 Å². The highest BCUT2D eigenvalue weighted by Crippen LogP contribution is 2.57. The minimum Gasteiger partial charge on any atom is -0.313 e. The predicted octanol–water partition coefficient (Wildman–Crippen LogP) is 3.41. The second kappa shape index (κ2) is 4.26. The van der Waals surface area contributed by atoms with Crippen molar-refractivity contribution in [3.63, 3.8) is 0 Å². The van der Waals surface area contributed by atoms with Crippen molar-refractivity contribution in [3.8, 4) is 0 Å². The molecule has 1 aromatic carbocycles. The van der Waals surface area contributed by atoms with Crippen molar-refractivity contribution in [2.45, 2.75) is 25.3 Å². The smallest absolute Gasteiger partial charge is 0.133 e. The van der Waals surface area contributed by atoms with E-state index in [0.29, 0.717) is 0 Å². The Balaban J connectivity index is 1.91. The van der Waals surface area contributed by atoms with Crippen LogP contribution in [-0.2, 0) is 0 Å². The van der Waals surface area contributed by atoms with Gasteiger partial charge in [-0.25, -0.2) is 13.2 Å². The number of halogens is 3. The first-order valence-corrected chi connectivity index (χ1v) is 6.42. The van der Waals surface area contributed by atoms with Gasteiger partial charge in [-0.1, -0.05) is 0 Å². The summed E-state index contributed by atoms with van der Waals surface area (Å²) in [6.07, 6.45) is 3.31. The van der Waals surface area contributed by atoms with E-state index in [4.69, 9.17) is 0 Å². The van der Waals surface area contributed by atoms with Crippen LogP contribution in [0.15, 0.2) is 12.1 Å². The van der Waals surface area contributed by atoms with Crippen molar-refractivity contribution in [2.75, 3.05) is 7.05 Å². The van der Waals surface area contributed by atoms with Gasteiger partial charge in [0.25, 0.3) is 0 Å². The largest absolute Gasteiger partial charge is 0.313 e. The van der Waals surface area contributed by atoms with E-state index in [1.807, 2.05) is 0 Å². The summed E-state index contributed by atoms with van der Waals surface area (Å²) in [4.78, 5) is 0. The molecule has 2 saturated carbocycles. The Labute approximate surface area is 104 Å². The Morgan fingerprint density at radius 1 is 1.06 bits per heavy atom. The lowest BCUT2D eigenvalue weighted by Gasteiger charge is -2.25. The summed E-state index contributed by atoms with van der Waals surface area (Å²) in [6.45, 7) is 0. The average Bonchev–Trinajstić information content (AvgIpc) is 2.90. The zero-order valence-corrected chi connectivity index (χ0v) is 10.2. The van der Waals surface area contributed by atoms with Crippen LogP contribution in [0.4, 0.5) is 13.2 Å². The van der Waals surface area contributed by atoms with Gasteiger partial charge in [0, 0.05) is 23.7 Å².